The van der Waals surface area contributed by atoms with E-state index in [1.54, 1.807) is 54.6 Å². The zero-order valence-corrected chi connectivity index (χ0v) is 22.3. The van der Waals surface area contributed by atoms with E-state index in [0.717, 1.165) is 18.1 Å². The van der Waals surface area contributed by atoms with Crippen LogP contribution >= 0.6 is 0 Å². The van der Waals surface area contributed by atoms with E-state index in [-0.39, 0.29) is 25.1 Å². The minimum absolute atomic E-state index is 0.126. The standard InChI is InChI=1S/C26H32N4O8S/c1-37-14-13-19(27-24(33)18-11-7-4-8-12-18)22(31)23(32)20(15-17-9-5-3-6-10-17)28-25(34)21-16-38-26(29-21)30-39(2,35)36/h3-12,16,19-20,22-23,31-32H,13-15H2,1-2H3,(H,27,33)(H,28,34)(H,29,30)/t19-,20+,22-,23-/m1/s1. The van der Waals surface area contributed by atoms with Gasteiger partial charge in [-0.25, -0.2) is 13.1 Å². The van der Waals surface area contributed by atoms with Gasteiger partial charge in [0.05, 0.1) is 18.3 Å². The summed E-state index contributed by atoms with van der Waals surface area (Å²) in [5.74, 6) is -1.21. The number of aliphatic hydroxyl groups excluding tert-OH is 2. The zero-order chi connectivity index (χ0) is 28.4. The van der Waals surface area contributed by atoms with E-state index in [1.165, 1.54) is 7.11 Å². The molecule has 3 rings (SSSR count). The smallest absolute Gasteiger partial charge is 0.309 e. The van der Waals surface area contributed by atoms with E-state index in [1.807, 2.05) is 10.8 Å². The fourth-order valence-corrected chi connectivity index (χ4v) is 4.25. The second kappa shape index (κ2) is 13.8. The molecule has 1 heterocycles. The van der Waals surface area contributed by atoms with Crippen molar-refractivity contribution >= 4 is 27.9 Å². The molecule has 2 aromatic carbocycles. The third kappa shape index (κ3) is 9.18. The molecule has 2 amide bonds. The average Bonchev–Trinajstić information content (AvgIpc) is 3.37. The van der Waals surface area contributed by atoms with E-state index in [4.69, 9.17) is 9.15 Å². The number of nitrogens with zero attached hydrogens (tertiary/aromatic N) is 1. The van der Waals surface area contributed by atoms with Gasteiger partial charge < -0.3 is 30.0 Å². The number of rotatable bonds is 14. The molecule has 0 aliphatic heterocycles. The highest BCUT2D eigenvalue weighted by Crippen LogP contribution is 2.16. The topological polar surface area (TPSA) is 180 Å². The van der Waals surface area contributed by atoms with Crippen LogP contribution in [-0.4, -0.2) is 79.7 Å². The molecule has 0 fully saturated rings. The number of benzene rings is 2. The molecule has 0 aliphatic carbocycles. The van der Waals surface area contributed by atoms with Gasteiger partial charge >= 0.3 is 6.01 Å². The van der Waals surface area contributed by atoms with Gasteiger partial charge in [0.2, 0.25) is 10.0 Å². The quantitative estimate of drug-likeness (QED) is 0.192. The molecule has 0 saturated heterocycles. The lowest BCUT2D eigenvalue weighted by Crippen LogP contribution is -2.57. The molecule has 0 saturated carbocycles. The summed E-state index contributed by atoms with van der Waals surface area (Å²) >= 11 is 0. The molecular weight excluding hydrogens is 528 g/mol. The molecule has 210 valence electrons. The number of sulfonamides is 1. The third-order valence-electron chi connectivity index (χ3n) is 5.78. The van der Waals surface area contributed by atoms with Crippen molar-refractivity contribution in [3.63, 3.8) is 0 Å². The van der Waals surface area contributed by atoms with Crippen molar-refractivity contribution in [3.05, 3.63) is 83.7 Å². The number of anilines is 1. The summed E-state index contributed by atoms with van der Waals surface area (Å²) in [6.45, 7) is 0.189. The molecule has 39 heavy (non-hydrogen) atoms. The van der Waals surface area contributed by atoms with E-state index in [0.29, 0.717) is 5.56 Å². The Bertz CT molecular complexity index is 1320. The number of aromatic nitrogens is 1. The summed E-state index contributed by atoms with van der Waals surface area (Å²) in [6, 6.07) is 15.1. The highest BCUT2D eigenvalue weighted by Gasteiger charge is 2.35. The number of nitrogens with one attached hydrogen (secondary N) is 3. The van der Waals surface area contributed by atoms with Crippen molar-refractivity contribution in [1.29, 1.82) is 0 Å². The lowest BCUT2D eigenvalue weighted by molar-refractivity contribution is -0.0269. The van der Waals surface area contributed by atoms with Crippen molar-refractivity contribution in [3.8, 4) is 0 Å². The number of hydrogen-bond donors (Lipinski definition) is 5. The van der Waals surface area contributed by atoms with Crippen molar-refractivity contribution in [2.45, 2.75) is 37.1 Å². The summed E-state index contributed by atoms with van der Waals surface area (Å²) in [7, 11) is -2.21. The van der Waals surface area contributed by atoms with Gasteiger partial charge in [-0.1, -0.05) is 48.5 Å². The molecule has 0 bridgehead atoms. The van der Waals surface area contributed by atoms with Crippen LogP contribution in [0, 0.1) is 0 Å². The molecular formula is C26H32N4O8S. The van der Waals surface area contributed by atoms with Crippen molar-refractivity contribution in [1.82, 2.24) is 15.6 Å². The zero-order valence-electron chi connectivity index (χ0n) is 21.5. The Labute approximate surface area is 226 Å². The van der Waals surface area contributed by atoms with Crippen LogP contribution in [0.1, 0.15) is 32.8 Å². The van der Waals surface area contributed by atoms with Crippen LogP contribution in [0.25, 0.3) is 0 Å². The molecule has 0 unspecified atom stereocenters. The monoisotopic (exact) mass is 560 g/mol. The van der Waals surface area contributed by atoms with Gasteiger partial charge in [-0.15, -0.1) is 0 Å². The normalized spacial score (nSPS) is 14.6. The Morgan fingerprint density at radius 1 is 0.949 bits per heavy atom. The van der Waals surface area contributed by atoms with Gasteiger partial charge in [-0.3, -0.25) is 9.59 Å². The average molecular weight is 561 g/mol. The maximum atomic E-state index is 13.0. The fourth-order valence-electron chi connectivity index (χ4n) is 3.84. The maximum absolute atomic E-state index is 13.0. The molecule has 5 N–H and O–H groups in total. The third-order valence-corrected chi connectivity index (χ3v) is 6.33. The second-order valence-electron chi connectivity index (χ2n) is 8.89. The van der Waals surface area contributed by atoms with E-state index in [9.17, 15) is 28.2 Å². The summed E-state index contributed by atoms with van der Waals surface area (Å²) in [5, 5.41) is 27.8. The van der Waals surface area contributed by atoms with Gasteiger partial charge in [0, 0.05) is 19.3 Å². The van der Waals surface area contributed by atoms with Gasteiger partial charge in [0.25, 0.3) is 11.8 Å². The number of ether oxygens (including phenoxy) is 1. The highest BCUT2D eigenvalue weighted by atomic mass is 32.2. The van der Waals surface area contributed by atoms with Crippen LogP contribution < -0.4 is 15.4 Å². The van der Waals surface area contributed by atoms with Crippen LogP contribution in [0.5, 0.6) is 0 Å². The number of hydrogen-bond acceptors (Lipinski definition) is 9. The molecule has 3 aromatic rings. The number of aliphatic hydroxyl groups is 2. The first-order valence-electron chi connectivity index (χ1n) is 12.1. The number of methoxy groups -OCH3 is 1. The molecule has 0 radical (unpaired) electrons. The number of carbonyl (C=O) groups excluding carboxylic acids is 2. The largest absolute Gasteiger partial charge is 0.431 e. The van der Waals surface area contributed by atoms with Gasteiger partial charge in [-0.2, -0.15) is 4.98 Å². The minimum atomic E-state index is -3.68. The van der Waals surface area contributed by atoms with Crippen LogP contribution in [0.15, 0.2) is 71.3 Å². The maximum Gasteiger partial charge on any atom is 0.309 e. The highest BCUT2D eigenvalue weighted by molar-refractivity contribution is 7.91. The Kier molecular flexibility index (Phi) is 10.6. The number of carbonyl (C=O) groups is 2. The van der Waals surface area contributed by atoms with Gasteiger partial charge in [0.1, 0.15) is 18.5 Å². The minimum Gasteiger partial charge on any atom is -0.431 e. The Hall–Kier alpha value is -3.78. The summed E-state index contributed by atoms with van der Waals surface area (Å²) in [5.41, 5.74) is 0.893. The number of oxazole rings is 1. The molecule has 0 spiro atoms. The Balaban J connectivity index is 1.81. The molecule has 13 heteroatoms. The SMILES string of the molecule is COCC[C@@H](NC(=O)c1ccccc1)[C@@H](O)[C@H](O)[C@H](Cc1ccccc1)NC(=O)c1coc(NS(C)(=O)=O)n1. The van der Waals surface area contributed by atoms with Crippen molar-refractivity contribution in [2.75, 3.05) is 24.7 Å². The van der Waals surface area contributed by atoms with Gasteiger partial charge in [-0.05, 0) is 30.5 Å². The molecule has 0 aliphatic rings. The van der Waals surface area contributed by atoms with Crippen LogP contribution in [-0.2, 0) is 21.2 Å². The first-order valence-corrected chi connectivity index (χ1v) is 14.0. The fraction of sp³-hybridized carbons (Fsp3) is 0.346. The summed E-state index contributed by atoms with van der Waals surface area (Å²) in [6.07, 6.45) is -0.855. The number of amides is 2. The lowest BCUT2D eigenvalue weighted by Gasteiger charge is -2.32. The predicted octanol–water partition coefficient (Wildman–Crippen LogP) is 0.944. The van der Waals surface area contributed by atoms with E-state index in [2.05, 4.69) is 15.6 Å². The molecule has 1 aromatic heterocycles. The first kappa shape index (κ1) is 29.8. The van der Waals surface area contributed by atoms with E-state index < -0.39 is 52.1 Å². The van der Waals surface area contributed by atoms with Gasteiger partial charge in [0.15, 0.2) is 5.69 Å². The molecule has 4 atom stereocenters. The summed E-state index contributed by atoms with van der Waals surface area (Å²) in [4.78, 5) is 29.6. The molecule has 12 nitrogen and oxygen atoms in total. The second-order valence-corrected chi connectivity index (χ2v) is 10.6. The van der Waals surface area contributed by atoms with Crippen LogP contribution in [0.3, 0.4) is 0 Å². The first-order chi connectivity index (χ1) is 18.6. The van der Waals surface area contributed by atoms with E-state index >= 15 is 0 Å². The van der Waals surface area contributed by atoms with Crippen molar-refractivity contribution < 1.29 is 37.4 Å². The van der Waals surface area contributed by atoms with Crippen LogP contribution in [0.2, 0.25) is 0 Å². The Morgan fingerprint density at radius 3 is 2.15 bits per heavy atom. The lowest BCUT2D eigenvalue weighted by atomic mass is 9.92. The predicted molar refractivity (Wildman–Crippen MR) is 143 cm³/mol. The Morgan fingerprint density at radius 2 is 1.54 bits per heavy atom. The van der Waals surface area contributed by atoms with Crippen LogP contribution in [0.4, 0.5) is 6.01 Å². The van der Waals surface area contributed by atoms with Crippen molar-refractivity contribution in [2.24, 2.45) is 0 Å². The summed E-state index contributed by atoms with van der Waals surface area (Å²) < 4.78 is 35.0.